The Labute approximate surface area is 101 Å². The maximum absolute atomic E-state index is 13.0. The first kappa shape index (κ1) is 12.5. The van der Waals surface area contributed by atoms with Gasteiger partial charge in [-0.25, -0.2) is 8.78 Å². The molecule has 1 atom stereocenters. The summed E-state index contributed by atoms with van der Waals surface area (Å²) in [5, 5.41) is 3.25. The van der Waals surface area contributed by atoms with Gasteiger partial charge in [-0.2, -0.15) is 0 Å². The molecule has 4 heteroatoms. The molecular weight excluding hydrogens is 222 g/mol. The summed E-state index contributed by atoms with van der Waals surface area (Å²) >= 11 is 0. The van der Waals surface area contributed by atoms with Crippen molar-refractivity contribution in [2.24, 2.45) is 0 Å². The van der Waals surface area contributed by atoms with E-state index in [4.69, 9.17) is 0 Å². The minimum atomic E-state index is -0.491. The van der Waals surface area contributed by atoms with E-state index >= 15 is 0 Å². The summed E-state index contributed by atoms with van der Waals surface area (Å²) in [4.78, 5) is 2.32. The Morgan fingerprint density at radius 3 is 2.59 bits per heavy atom. The molecule has 2 rings (SSSR count). The third-order valence-electron chi connectivity index (χ3n) is 3.32. The first-order chi connectivity index (χ1) is 8.17. The number of benzene rings is 1. The van der Waals surface area contributed by atoms with Crippen LogP contribution >= 0.6 is 0 Å². The highest BCUT2D eigenvalue weighted by Crippen LogP contribution is 2.12. The summed E-state index contributed by atoms with van der Waals surface area (Å²) < 4.78 is 26.0. The molecule has 1 aromatic carbocycles. The second kappa shape index (κ2) is 5.56. The van der Waals surface area contributed by atoms with Crippen LogP contribution in [-0.2, 0) is 6.42 Å². The molecule has 0 aromatic heterocycles. The molecule has 1 saturated heterocycles. The molecule has 1 aromatic rings. The van der Waals surface area contributed by atoms with Crippen LogP contribution in [0.25, 0.3) is 0 Å². The highest BCUT2D eigenvalue weighted by molar-refractivity contribution is 5.18. The number of likely N-dealkylation sites (N-methyl/N-ethyl adjacent to an activating group) is 1. The van der Waals surface area contributed by atoms with Crippen molar-refractivity contribution in [2.75, 3.05) is 26.7 Å². The van der Waals surface area contributed by atoms with E-state index in [1.165, 1.54) is 12.1 Å². The zero-order valence-electron chi connectivity index (χ0n) is 10.0. The molecule has 0 spiro atoms. The molecule has 1 fully saturated rings. The Balaban J connectivity index is 1.85. The van der Waals surface area contributed by atoms with Crippen LogP contribution in [0.1, 0.15) is 12.0 Å². The average molecular weight is 240 g/mol. The summed E-state index contributed by atoms with van der Waals surface area (Å²) in [6, 6.07) is 4.29. The van der Waals surface area contributed by atoms with Crippen LogP contribution in [0.2, 0.25) is 0 Å². The van der Waals surface area contributed by atoms with Crippen LogP contribution in [0, 0.1) is 11.6 Å². The predicted molar refractivity (Wildman–Crippen MR) is 64.0 cm³/mol. The van der Waals surface area contributed by atoms with E-state index in [-0.39, 0.29) is 0 Å². The van der Waals surface area contributed by atoms with E-state index in [9.17, 15) is 8.78 Å². The van der Waals surface area contributed by atoms with Gasteiger partial charge in [0.2, 0.25) is 0 Å². The maximum Gasteiger partial charge on any atom is 0.126 e. The summed E-state index contributed by atoms with van der Waals surface area (Å²) in [7, 11) is 1.97. The standard InChI is InChI=1S/C13H18F2N2/c1-16-13-3-5-17(9-13)4-2-10-6-11(14)8-12(15)7-10/h6-8,13,16H,2-5,9H2,1H3. The first-order valence-corrected chi connectivity index (χ1v) is 6.02. The summed E-state index contributed by atoms with van der Waals surface area (Å²) in [6.45, 7) is 2.94. The highest BCUT2D eigenvalue weighted by atomic mass is 19.1. The van der Waals surface area contributed by atoms with E-state index in [0.717, 1.165) is 37.7 Å². The molecule has 0 amide bonds. The van der Waals surface area contributed by atoms with Crippen LogP contribution in [-0.4, -0.2) is 37.6 Å². The quantitative estimate of drug-likeness (QED) is 0.863. The highest BCUT2D eigenvalue weighted by Gasteiger charge is 2.20. The fourth-order valence-corrected chi connectivity index (χ4v) is 2.31. The van der Waals surface area contributed by atoms with Gasteiger partial charge in [0, 0.05) is 25.2 Å². The number of hydrogen-bond acceptors (Lipinski definition) is 2. The molecule has 0 saturated carbocycles. The lowest BCUT2D eigenvalue weighted by Crippen LogP contribution is -2.30. The smallest absolute Gasteiger partial charge is 0.126 e. The van der Waals surface area contributed by atoms with Crippen LogP contribution in [0.5, 0.6) is 0 Å². The molecule has 1 N–H and O–H groups in total. The Morgan fingerprint density at radius 2 is 2.00 bits per heavy atom. The van der Waals surface area contributed by atoms with Gasteiger partial charge in [0.15, 0.2) is 0 Å². The van der Waals surface area contributed by atoms with E-state index in [0.29, 0.717) is 12.5 Å². The van der Waals surface area contributed by atoms with Gasteiger partial charge in [0.1, 0.15) is 11.6 Å². The minimum absolute atomic E-state index is 0.491. The minimum Gasteiger partial charge on any atom is -0.316 e. The zero-order chi connectivity index (χ0) is 12.3. The molecule has 1 aliphatic heterocycles. The molecule has 0 bridgehead atoms. The van der Waals surface area contributed by atoms with Crippen LogP contribution in [0.4, 0.5) is 8.78 Å². The van der Waals surface area contributed by atoms with Crippen molar-refractivity contribution in [1.29, 1.82) is 0 Å². The maximum atomic E-state index is 13.0. The van der Waals surface area contributed by atoms with Crippen molar-refractivity contribution >= 4 is 0 Å². The number of hydrogen-bond donors (Lipinski definition) is 1. The third kappa shape index (κ3) is 3.48. The van der Waals surface area contributed by atoms with Crippen molar-refractivity contribution in [3.63, 3.8) is 0 Å². The van der Waals surface area contributed by atoms with Gasteiger partial charge in [-0.1, -0.05) is 0 Å². The molecule has 2 nitrogen and oxygen atoms in total. The van der Waals surface area contributed by atoms with Crippen LogP contribution < -0.4 is 5.32 Å². The Kier molecular flexibility index (Phi) is 4.07. The van der Waals surface area contributed by atoms with Gasteiger partial charge in [-0.15, -0.1) is 0 Å². The van der Waals surface area contributed by atoms with E-state index in [2.05, 4.69) is 10.2 Å². The lowest BCUT2D eigenvalue weighted by molar-refractivity contribution is 0.334. The third-order valence-corrected chi connectivity index (χ3v) is 3.32. The van der Waals surface area contributed by atoms with Gasteiger partial charge < -0.3 is 10.2 Å². The molecule has 0 aliphatic carbocycles. The van der Waals surface area contributed by atoms with Crippen LogP contribution in [0.3, 0.4) is 0 Å². The van der Waals surface area contributed by atoms with Crippen molar-refractivity contribution in [3.8, 4) is 0 Å². The van der Waals surface area contributed by atoms with Gasteiger partial charge in [-0.3, -0.25) is 0 Å². The average Bonchev–Trinajstić information content (AvgIpc) is 2.73. The molecule has 94 valence electrons. The van der Waals surface area contributed by atoms with E-state index in [1.54, 1.807) is 0 Å². The van der Waals surface area contributed by atoms with Crippen molar-refractivity contribution in [1.82, 2.24) is 10.2 Å². The zero-order valence-corrected chi connectivity index (χ0v) is 10.0. The Morgan fingerprint density at radius 1 is 1.29 bits per heavy atom. The first-order valence-electron chi connectivity index (χ1n) is 6.02. The monoisotopic (exact) mass is 240 g/mol. The largest absolute Gasteiger partial charge is 0.316 e. The SMILES string of the molecule is CNC1CCN(CCc2cc(F)cc(F)c2)C1. The van der Waals surface area contributed by atoms with E-state index in [1.807, 2.05) is 7.05 Å². The molecule has 1 heterocycles. The Bertz CT molecular complexity index is 361. The summed E-state index contributed by atoms with van der Waals surface area (Å²) in [6.07, 6.45) is 1.85. The van der Waals surface area contributed by atoms with Gasteiger partial charge >= 0.3 is 0 Å². The van der Waals surface area contributed by atoms with Crippen LogP contribution in [0.15, 0.2) is 18.2 Å². The second-order valence-corrected chi connectivity index (χ2v) is 4.60. The number of halogens is 2. The van der Waals surface area contributed by atoms with E-state index < -0.39 is 11.6 Å². The van der Waals surface area contributed by atoms with Gasteiger partial charge in [-0.05, 0) is 44.1 Å². The van der Waals surface area contributed by atoms with Gasteiger partial charge in [0.05, 0.1) is 0 Å². The normalized spacial score (nSPS) is 21.0. The molecule has 17 heavy (non-hydrogen) atoms. The van der Waals surface area contributed by atoms with Crippen molar-refractivity contribution < 1.29 is 8.78 Å². The Hall–Kier alpha value is -1.00. The van der Waals surface area contributed by atoms with Gasteiger partial charge in [0.25, 0.3) is 0 Å². The molecule has 1 aliphatic rings. The molecular formula is C13H18F2N2. The number of nitrogens with zero attached hydrogens (tertiary/aromatic N) is 1. The summed E-state index contributed by atoms with van der Waals surface area (Å²) in [5.74, 6) is -0.982. The number of nitrogens with one attached hydrogen (secondary N) is 1. The lowest BCUT2D eigenvalue weighted by Gasteiger charge is -2.15. The van der Waals surface area contributed by atoms with Crippen molar-refractivity contribution in [3.05, 3.63) is 35.4 Å². The molecule has 0 radical (unpaired) electrons. The fraction of sp³-hybridized carbons (Fsp3) is 0.538. The summed E-state index contributed by atoms with van der Waals surface area (Å²) in [5.41, 5.74) is 0.732. The molecule has 1 unspecified atom stereocenters. The number of likely N-dealkylation sites (tertiary alicyclic amines) is 1. The topological polar surface area (TPSA) is 15.3 Å². The lowest BCUT2D eigenvalue weighted by atomic mass is 10.1. The second-order valence-electron chi connectivity index (χ2n) is 4.60. The number of rotatable bonds is 4. The van der Waals surface area contributed by atoms with Crippen molar-refractivity contribution in [2.45, 2.75) is 18.9 Å². The predicted octanol–water partition coefficient (Wildman–Crippen LogP) is 1.80. The fourth-order valence-electron chi connectivity index (χ4n) is 2.31.